The van der Waals surface area contributed by atoms with Gasteiger partial charge in [0.05, 0.1) is 11.0 Å². The Balaban J connectivity index is 1.68. The van der Waals surface area contributed by atoms with Gasteiger partial charge in [0.25, 0.3) is 5.91 Å². The zero-order valence-electron chi connectivity index (χ0n) is 15.4. The Morgan fingerprint density at radius 1 is 1.23 bits per heavy atom. The molecule has 2 aromatic carbocycles. The number of aryl methyl sites for hydroxylation is 2. The summed E-state index contributed by atoms with van der Waals surface area (Å²) >= 11 is 0. The van der Waals surface area contributed by atoms with Crippen molar-refractivity contribution in [2.75, 3.05) is 11.9 Å². The van der Waals surface area contributed by atoms with E-state index in [1.165, 1.54) is 0 Å². The van der Waals surface area contributed by atoms with E-state index in [2.05, 4.69) is 15.3 Å². The summed E-state index contributed by atoms with van der Waals surface area (Å²) in [5.74, 6) is 1.02. The van der Waals surface area contributed by atoms with Crippen LogP contribution in [0.1, 0.15) is 35.5 Å². The summed E-state index contributed by atoms with van der Waals surface area (Å²) in [6, 6.07) is 9.38. The average Bonchev–Trinajstić information content (AvgIpc) is 3.02. The molecule has 0 bridgehead atoms. The number of fused-ring (bicyclic) bond motifs is 1. The number of carbonyl (C=O) groups is 1. The van der Waals surface area contributed by atoms with Gasteiger partial charge in [-0.2, -0.15) is 0 Å². The highest BCUT2D eigenvalue weighted by atomic mass is 16.5. The molecule has 136 valence electrons. The molecule has 0 aliphatic rings. The number of aliphatic hydroxyl groups is 1. The summed E-state index contributed by atoms with van der Waals surface area (Å²) in [6.07, 6.45) is -0.672. The van der Waals surface area contributed by atoms with Gasteiger partial charge in [-0.25, -0.2) is 4.98 Å². The van der Waals surface area contributed by atoms with Crippen LogP contribution < -0.4 is 10.1 Å². The molecule has 3 rings (SSSR count). The van der Waals surface area contributed by atoms with Crippen molar-refractivity contribution >= 4 is 22.6 Å². The first-order valence-corrected chi connectivity index (χ1v) is 8.52. The van der Waals surface area contributed by atoms with E-state index in [0.29, 0.717) is 11.5 Å². The van der Waals surface area contributed by atoms with Gasteiger partial charge in [-0.1, -0.05) is 12.1 Å². The van der Waals surface area contributed by atoms with Gasteiger partial charge in [-0.15, -0.1) is 0 Å². The lowest BCUT2D eigenvalue weighted by molar-refractivity contribution is -0.118. The Labute approximate surface area is 152 Å². The van der Waals surface area contributed by atoms with E-state index in [1.807, 2.05) is 32.9 Å². The minimum atomic E-state index is -0.672. The van der Waals surface area contributed by atoms with Gasteiger partial charge in [0.2, 0.25) is 0 Å². The molecule has 6 nitrogen and oxygen atoms in total. The van der Waals surface area contributed by atoms with Crippen LogP contribution in [0.25, 0.3) is 11.0 Å². The fraction of sp³-hybridized carbons (Fsp3) is 0.300. The third-order valence-corrected chi connectivity index (χ3v) is 4.40. The monoisotopic (exact) mass is 353 g/mol. The molecule has 6 heteroatoms. The van der Waals surface area contributed by atoms with Crippen molar-refractivity contribution in [3.05, 3.63) is 52.8 Å². The molecule has 3 aromatic rings. The van der Waals surface area contributed by atoms with E-state index >= 15 is 0 Å². The number of amides is 1. The highest BCUT2D eigenvalue weighted by Crippen LogP contribution is 2.26. The lowest BCUT2D eigenvalue weighted by atomic mass is 10.1. The number of aromatic nitrogens is 2. The molecule has 3 N–H and O–H groups in total. The third kappa shape index (κ3) is 3.70. The number of rotatable bonds is 5. The maximum atomic E-state index is 12.2. The smallest absolute Gasteiger partial charge is 0.262 e. The number of nitrogens with one attached hydrogen (secondary N) is 2. The molecule has 0 radical (unpaired) electrons. The number of anilines is 1. The second-order valence-corrected chi connectivity index (χ2v) is 6.52. The van der Waals surface area contributed by atoms with Gasteiger partial charge in [0.15, 0.2) is 6.61 Å². The zero-order chi connectivity index (χ0) is 18.8. The molecule has 1 aromatic heterocycles. The summed E-state index contributed by atoms with van der Waals surface area (Å²) in [4.78, 5) is 19.6. The molecule has 1 heterocycles. The normalized spacial score (nSPS) is 12.2. The molecule has 0 saturated carbocycles. The number of hydrogen-bond donors (Lipinski definition) is 3. The molecular weight excluding hydrogens is 330 g/mol. The number of benzene rings is 2. The predicted octanol–water partition coefficient (Wildman–Crippen LogP) is 3.56. The Bertz CT molecular complexity index is 960. The van der Waals surface area contributed by atoms with Gasteiger partial charge in [-0.3, -0.25) is 4.79 Å². The Hall–Kier alpha value is -2.86. The molecular formula is C20H23N3O3. The minimum Gasteiger partial charge on any atom is -0.483 e. The van der Waals surface area contributed by atoms with Crippen molar-refractivity contribution < 1.29 is 14.6 Å². The number of imidazole rings is 1. The van der Waals surface area contributed by atoms with E-state index in [0.717, 1.165) is 33.5 Å². The lowest BCUT2D eigenvalue weighted by Crippen LogP contribution is -2.20. The fourth-order valence-corrected chi connectivity index (χ4v) is 2.79. The van der Waals surface area contributed by atoms with E-state index in [4.69, 9.17) is 4.74 Å². The van der Waals surface area contributed by atoms with Crippen molar-refractivity contribution in [1.29, 1.82) is 0 Å². The lowest BCUT2D eigenvalue weighted by Gasteiger charge is -2.14. The number of ether oxygens (including phenoxy) is 1. The van der Waals surface area contributed by atoms with Crippen LogP contribution >= 0.6 is 0 Å². The molecule has 0 spiro atoms. The maximum Gasteiger partial charge on any atom is 0.262 e. The maximum absolute atomic E-state index is 12.2. The van der Waals surface area contributed by atoms with Gasteiger partial charge in [0.1, 0.15) is 17.7 Å². The number of carbonyl (C=O) groups excluding carboxylic acids is 1. The van der Waals surface area contributed by atoms with Crippen LogP contribution in [0.5, 0.6) is 5.75 Å². The van der Waals surface area contributed by atoms with Crippen LogP contribution in [0.15, 0.2) is 30.3 Å². The van der Waals surface area contributed by atoms with Crippen LogP contribution in [-0.2, 0) is 4.79 Å². The van der Waals surface area contributed by atoms with Crippen molar-refractivity contribution in [3.63, 3.8) is 0 Å². The second kappa shape index (κ2) is 7.17. The van der Waals surface area contributed by atoms with Crippen LogP contribution in [0.3, 0.4) is 0 Å². The van der Waals surface area contributed by atoms with Gasteiger partial charge in [0, 0.05) is 5.69 Å². The minimum absolute atomic E-state index is 0.0644. The molecule has 0 aliphatic carbocycles. The number of H-pyrrole nitrogens is 1. The summed E-state index contributed by atoms with van der Waals surface area (Å²) < 4.78 is 5.74. The van der Waals surface area contributed by atoms with Gasteiger partial charge >= 0.3 is 0 Å². The van der Waals surface area contributed by atoms with E-state index in [-0.39, 0.29) is 12.5 Å². The predicted molar refractivity (Wildman–Crippen MR) is 102 cm³/mol. The second-order valence-electron chi connectivity index (χ2n) is 6.52. The summed E-state index contributed by atoms with van der Waals surface area (Å²) in [5, 5.41) is 12.4. The Kier molecular flexibility index (Phi) is 4.95. The van der Waals surface area contributed by atoms with Crippen LogP contribution in [0, 0.1) is 20.8 Å². The Morgan fingerprint density at radius 3 is 2.69 bits per heavy atom. The van der Waals surface area contributed by atoms with Crippen molar-refractivity contribution in [2.24, 2.45) is 0 Å². The molecule has 0 fully saturated rings. The van der Waals surface area contributed by atoms with Crippen LogP contribution in [-0.4, -0.2) is 27.6 Å². The standard InChI is InChI=1S/C20H23N3O3/c1-11-5-6-12(2)19(13(11)3)26-10-18(25)21-15-7-8-16-17(9-15)23-20(22-16)14(4)24/h5-9,14,24H,10H2,1-4H3,(H,21,25)(H,22,23). The highest BCUT2D eigenvalue weighted by Gasteiger charge is 2.11. The number of aromatic amines is 1. The first kappa shape index (κ1) is 17.9. The van der Waals surface area contributed by atoms with Gasteiger partial charge in [-0.05, 0) is 62.6 Å². The zero-order valence-corrected chi connectivity index (χ0v) is 15.4. The van der Waals surface area contributed by atoms with E-state index in [9.17, 15) is 9.90 Å². The highest BCUT2D eigenvalue weighted by molar-refractivity contribution is 5.94. The van der Waals surface area contributed by atoms with Crippen molar-refractivity contribution in [1.82, 2.24) is 9.97 Å². The van der Waals surface area contributed by atoms with Crippen molar-refractivity contribution in [2.45, 2.75) is 33.8 Å². The number of aliphatic hydroxyl groups excluding tert-OH is 1. The van der Waals surface area contributed by atoms with E-state index < -0.39 is 6.10 Å². The quantitative estimate of drug-likeness (QED) is 0.654. The topological polar surface area (TPSA) is 87.2 Å². The SMILES string of the molecule is Cc1ccc(C)c(OCC(=O)Nc2ccc3nc(C(C)O)[nH]c3c2)c1C. The number of hydrogen-bond acceptors (Lipinski definition) is 4. The fourth-order valence-electron chi connectivity index (χ4n) is 2.79. The molecule has 0 aliphatic heterocycles. The largest absolute Gasteiger partial charge is 0.483 e. The average molecular weight is 353 g/mol. The summed E-state index contributed by atoms with van der Waals surface area (Å²) in [7, 11) is 0. The first-order valence-electron chi connectivity index (χ1n) is 8.52. The summed E-state index contributed by atoms with van der Waals surface area (Å²) in [6.45, 7) is 7.55. The van der Waals surface area contributed by atoms with Crippen LogP contribution in [0.2, 0.25) is 0 Å². The van der Waals surface area contributed by atoms with Gasteiger partial charge < -0.3 is 20.1 Å². The Morgan fingerprint density at radius 2 is 1.96 bits per heavy atom. The van der Waals surface area contributed by atoms with Crippen LogP contribution in [0.4, 0.5) is 5.69 Å². The molecule has 1 unspecified atom stereocenters. The molecule has 1 amide bonds. The number of nitrogens with zero attached hydrogens (tertiary/aromatic N) is 1. The summed E-state index contributed by atoms with van der Waals surface area (Å²) in [5.41, 5.74) is 5.31. The van der Waals surface area contributed by atoms with Crippen molar-refractivity contribution in [3.8, 4) is 5.75 Å². The third-order valence-electron chi connectivity index (χ3n) is 4.40. The molecule has 26 heavy (non-hydrogen) atoms. The molecule has 1 atom stereocenters. The van der Waals surface area contributed by atoms with E-state index in [1.54, 1.807) is 25.1 Å². The molecule has 0 saturated heterocycles. The first-order chi connectivity index (χ1) is 12.3.